The van der Waals surface area contributed by atoms with E-state index in [0.717, 1.165) is 32.9 Å². The molecule has 7 heteroatoms. The van der Waals surface area contributed by atoms with E-state index < -0.39 is 0 Å². The van der Waals surface area contributed by atoms with Crippen molar-refractivity contribution < 1.29 is 4.79 Å². The van der Waals surface area contributed by atoms with Gasteiger partial charge in [0.15, 0.2) is 0 Å². The highest BCUT2D eigenvalue weighted by Crippen LogP contribution is 2.26. The number of amides is 1. The van der Waals surface area contributed by atoms with Crippen molar-refractivity contribution in [2.45, 2.75) is 30.4 Å². The highest BCUT2D eigenvalue weighted by atomic mass is 32.2. The molecule has 3 rings (SSSR count). The summed E-state index contributed by atoms with van der Waals surface area (Å²) in [7, 11) is 0. The van der Waals surface area contributed by atoms with Crippen LogP contribution in [0.5, 0.6) is 0 Å². The topological polar surface area (TPSA) is 54.9 Å². The molecule has 1 N–H and O–H groups in total. The largest absolute Gasteiger partial charge is 0.352 e. The number of carbonyl (C=O) groups is 1. The number of rotatable bonds is 7. The van der Waals surface area contributed by atoms with Gasteiger partial charge < -0.3 is 5.32 Å². The Morgan fingerprint density at radius 1 is 1.12 bits per heavy atom. The van der Waals surface area contributed by atoms with E-state index in [4.69, 9.17) is 0 Å². The van der Waals surface area contributed by atoms with E-state index in [0.29, 0.717) is 12.1 Å². The average Bonchev–Trinajstić information content (AvgIpc) is 3.21. The molecule has 1 aromatic carbocycles. The Balaban J connectivity index is 1.46. The van der Waals surface area contributed by atoms with Crippen LogP contribution in [0.3, 0.4) is 0 Å². The SMILES string of the molecule is Cc1csc(SCc2ccc(C(=O)NCCc3csc(C)n3)cc2)n1. The standard InChI is InChI=1S/C18H19N3OS3/c1-12-9-24-18(20-12)25-10-14-3-5-15(6-4-14)17(22)19-8-7-16-11-23-13(2)21-16/h3-6,9,11H,7-8,10H2,1-2H3,(H,19,22). The van der Waals surface area contributed by atoms with Crippen molar-refractivity contribution in [3.05, 3.63) is 62.5 Å². The van der Waals surface area contributed by atoms with Crippen LogP contribution in [0.4, 0.5) is 0 Å². The van der Waals surface area contributed by atoms with Gasteiger partial charge in [-0.1, -0.05) is 23.9 Å². The Kier molecular flexibility index (Phi) is 6.23. The number of nitrogens with one attached hydrogen (secondary N) is 1. The number of thiazole rings is 2. The van der Waals surface area contributed by atoms with E-state index in [1.165, 1.54) is 5.56 Å². The molecule has 2 heterocycles. The van der Waals surface area contributed by atoms with Crippen molar-refractivity contribution >= 4 is 40.3 Å². The fourth-order valence-corrected chi connectivity index (χ4v) is 4.68. The first-order chi connectivity index (χ1) is 12.1. The lowest BCUT2D eigenvalue weighted by Gasteiger charge is -2.05. The molecule has 2 aromatic heterocycles. The zero-order valence-electron chi connectivity index (χ0n) is 14.1. The number of aromatic nitrogens is 2. The normalized spacial score (nSPS) is 10.8. The maximum Gasteiger partial charge on any atom is 0.251 e. The highest BCUT2D eigenvalue weighted by molar-refractivity contribution is 8.00. The van der Waals surface area contributed by atoms with Crippen LogP contribution in [0, 0.1) is 13.8 Å². The van der Waals surface area contributed by atoms with Crippen molar-refractivity contribution in [1.82, 2.24) is 15.3 Å². The van der Waals surface area contributed by atoms with Crippen LogP contribution in [0.25, 0.3) is 0 Å². The Morgan fingerprint density at radius 3 is 2.56 bits per heavy atom. The van der Waals surface area contributed by atoms with Gasteiger partial charge in [-0.15, -0.1) is 22.7 Å². The second-order valence-corrected chi connectivity index (χ2v) is 8.75. The van der Waals surface area contributed by atoms with Gasteiger partial charge in [0.25, 0.3) is 5.91 Å². The van der Waals surface area contributed by atoms with Crippen LogP contribution in [-0.4, -0.2) is 22.4 Å². The second-order valence-electron chi connectivity index (χ2n) is 5.60. The van der Waals surface area contributed by atoms with Crippen LogP contribution in [0.2, 0.25) is 0 Å². The third kappa shape index (κ3) is 5.39. The number of benzene rings is 1. The number of aryl methyl sites for hydroxylation is 2. The van der Waals surface area contributed by atoms with Gasteiger partial charge in [-0.3, -0.25) is 4.79 Å². The molecule has 130 valence electrons. The van der Waals surface area contributed by atoms with Gasteiger partial charge in [0.1, 0.15) is 4.34 Å². The van der Waals surface area contributed by atoms with Crippen LogP contribution in [0.15, 0.2) is 39.4 Å². The Labute approximate surface area is 159 Å². The fraction of sp³-hybridized carbons (Fsp3) is 0.278. The van der Waals surface area contributed by atoms with Crippen LogP contribution in [0.1, 0.15) is 32.3 Å². The van der Waals surface area contributed by atoms with E-state index in [2.05, 4.69) is 20.7 Å². The van der Waals surface area contributed by atoms with Crippen LogP contribution >= 0.6 is 34.4 Å². The number of nitrogens with zero attached hydrogens (tertiary/aromatic N) is 2. The molecule has 0 aliphatic heterocycles. The summed E-state index contributed by atoms with van der Waals surface area (Å²) in [4.78, 5) is 21.0. The lowest BCUT2D eigenvalue weighted by atomic mass is 10.1. The minimum Gasteiger partial charge on any atom is -0.352 e. The minimum atomic E-state index is -0.0401. The van der Waals surface area contributed by atoms with Crippen molar-refractivity contribution in [2.24, 2.45) is 0 Å². The predicted molar refractivity (Wildman–Crippen MR) is 106 cm³/mol. The van der Waals surface area contributed by atoms with E-state index in [1.54, 1.807) is 34.4 Å². The first-order valence-electron chi connectivity index (χ1n) is 7.93. The minimum absolute atomic E-state index is 0.0401. The Bertz CT molecular complexity index is 839. The smallest absolute Gasteiger partial charge is 0.251 e. The first kappa shape index (κ1) is 18.1. The zero-order chi connectivity index (χ0) is 17.6. The quantitative estimate of drug-likeness (QED) is 0.605. The van der Waals surface area contributed by atoms with E-state index in [9.17, 15) is 4.79 Å². The molecular formula is C18H19N3OS3. The Hall–Kier alpha value is -1.70. The zero-order valence-corrected chi connectivity index (χ0v) is 16.6. The second kappa shape index (κ2) is 8.60. The molecule has 1 amide bonds. The molecule has 0 saturated carbocycles. The number of carbonyl (C=O) groups excluding carboxylic acids is 1. The molecular weight excluding hydrogens is 370 g/mol. The monoisotopic (exact) mass is 389 g/mol. The summed E-state index contributed by atoms with van der Waals surface area (Å²) >= 11 is 5.03. The van der Waals surface area contributed by atoms with E-state index in [1.807, 2.05) is 43.5 Å². The van der Waals surface area contributed by atoms with Gasteiger partial charge >= 0.3 is 0 Å². The van der Waals surface area contributed by atoms with Gasteiger partial charge in [-0.05, 0) is 31.5 Å². The summed E-state index contributed by atoms with van der Waals surface area (Å²) in [6.45, 7) is 4.59. The van der Waals surface area contributed by atoms with E-state index >= 15 is 0 Å². The lowest BCUT2D eigenvalue weighted by Crippen LogP contribution is -2.25. The van der Waals surface area contributed by atoms with Crippen molar-refractivity contribution in [3.8, 4) is 0 Å². The summed E-state index contributed by atoms with van der Waals surface area (Å²) in [6, 6.07) is 7.77. The summed E-state index contributed by atoms with van der Waals surface area (Å²) in [5, 5.41) is 8.10. The number of hydrogen-bond donors (Lipinski definition) is 1. The first-order valence-corrected chi connectivity index (χ1v) is 10.7. The van der Waals surface area contributed by atoms with Crippen molar-refractivity contribution in [3.63, 3.8) is 0 Å². The summed E-state index contributed by atoms with van der Waals surface area (Å²) in [5.41, 5.74) is 3.97. The molecule has 3 aromatic rings. The molecule has 0 radical (unpaired) electrons. The highest BCUT2D eigenvalue weighted by Gasteiger charge is 2.06. The molecule has 4 nitrogen and oxygen atoms in total. The summed E-state index contributed by atoms with van der Waals surface area (Å²) < 4.78 is 1.08. The molecule has 0 fully saturated rings. The lowest BCUT2D eigenvalue weighted by molar-refractivity contribution is 0.0954. The van der Waals surface area contributed by atoms with E-state index in [-0.39, 0.29) is 5.91 Å². The maximum absolute atomic E-state index is 12.2. The summed E-state index contributed by atoms with van der Waals surface area (Å²) in [5.74, 6) is 0.819. The molecule has 0 saturated heterocycles. The predicted octanol–water partition coefficient (Wildman–Crippen LogP) is 4.48. The van der Waals surface area contributed by atoms with Crippen LogP contribution < -0.4 is 5.32 Å². The third-order valence-electron chi connectivity index (χ3n) is 3.51. The molecule has 0 bridgehead atoms. The number of thioether (sulfide) groups is 1. The van der Waals surface area contributed by atoms with Gasteiger partial charge in [0.05, 0.1) is 10.7 Å². The molecule has 0 aliphatic rings. The molecule has 25 heavy (non-hydrogen) atoms. The molecule has 0 atom stereocenters. The van der Waals surface area contributed by atoms with Crippen molar-refractivity contribution in [1.29, 1.82) is 0 Å². The Morgan fingerprint density at radius 2 is 1.92 bits per heavy atom. The van der Waals surface area contributed by atoms with Gasteiger partial charge in [0.2, 0.25) is 0 Å². The molecule has 0 aliphatic carbocycles. The average molecular weight is 390 g/mol. The number of hydrogen-bond acceptors (Lipinski definition) is 6. The molecule has 0 unspecified atom stereocenters. The molecule has 0 spiro atoms. The summed E-state index contributed by atoms with van der Waals surface area (Å²) in [6.07, 6.45) is 0.762. The third-order valence-corrected chi connectivity index (χ3v) is 6.54. The van der Waals surface area contributed by atoms with Crippen molar-refractivity contribution in [2.75, 3.05) is 6.54 Å². The van der Waals surface area contributed by atoms with Gasteiger partial charge in [-0.2, -0.15) is 0 Å². The fourth-order valence-electron chi connectivity index (χ4n) is 2.23. The van der Waals surface area contributed by atoms with Gasteiger partial charge in [-0.25, -0.2) is 9.97 Å². The van der Waals surface area contributed by atoms with Crippen LogP contribution in [-0.2, 0) is 12.2 Å². The maximum atomic E-state index is 12.2. The van der Waals surface area contributed by atoms with Gasteiger partial charge in [0, 0.05) is 40.7 Å².